The zero-order chi connectivity index (χ0) is 23.5. The Hall–Kier alpha value is -1.74. The molecule has 0 spiro atoms. The Morgan fingerprint density at radius 3 is 2.39 bits per heavy atom. The molecule has 172 valence electrons. The minimum absolute atomic E-state index is 0.0329. The van der Waals surface area contributed by atoms with E-state index in [-0.39, 0.29) is 40.7 Å². The Morgan fingerprint density at radius 2 is 1.90 bits per heavy atom. The zero-order valence-electron chi connectivity index (χ0n) is 19.0. The first-order chi connectivity index (χ1) is 14.4. The SMILES string of the molecule is CC(C)c1nn(C/C(F)=C/CN)c(C(C)C)c1Cc1ccc(S(=O)(=O)N(C)C)c(Cl)c1. The third-order valence-electron chi connectivity index (χ3n) is 4.99. The molecule has 1 aromatic heterocycles. The van der Waals surface area contributed by atoms with E-state index in [4.69, 9.17) is 22.4 Å². The highest BCUT2D eigenvalue weighted by Crippen LogP contribution is 2.32. The van der Waals surface area contributed by atoms with Crippen molar-refractivity contribution in [3.8, 4) is 0 Å². The molecule has 0 saturated heterocycles. The highest BCUT2D eigenvalue weighted by molar-refractivity contribution is 7.89. The van der Waals surface area contributed by atoms with Gasteiger partial charge in [-0.2, -0.15) is 5.10 Å². The third kappa shape index (κ3) is 5.74. The van der Waals surface area contributed by atoms with Crippen LogP contribution in [-0.2, 0) is 23.0 Å². The van der Waals surface area contributed by atoms with E-state index in [1.54, 1.807) is 16.8 Å². The molecule has 2 aromatic rings. The van der Waals surface area contributed by atoms with Crippen molar-refractivity contribution in [2.24, 2.45) is 5.73 Å². The highest BCUT2D eigenvalue weighted by Gasteiger charge is 2.24. The maximum Gasteiger partial charge on any atom is 0.244 e. The minimum atomic E-state index is -3.63. The van der Waals surface area contributed by atoms with Gasteiger partial charge < -0.3 is 5.73 Å². The first kappa shape index (κ1) is 25.5. The number of halogens is 2. The number of aromatic nitrogens is 2. The van der Waals surface area contributed by atoms with E-state index >= 15 is 0 Å². The molecule has 1 aromatic carbocycles. The van der Waals surface area contributed by atoms with Crippen molar-refractivity contribution >= 4 is 21.6 Å². The minimum Gasteiger partial charge on any atom is -0.327 e. The molecule has 6 nitrogen and oxygen atoms in total. The zero-order valence-corrected chi connectivity index (χ0v) is 20.6. The molecule has 0 saturated carbocycles. The van der Waals surface area contributed by atoms with Gasteiger partial charge in [0.2, 0.25) is 10.0 Å². The summed E-state index contributed by atoms with van der Waals surface area (Å²) in [6.45, 7) is 8.36. The van der Waals surface area contributed by atoms with Gasteiger partial charge in [-0.3, -0.25) is 4.68 Å². The fourth-order valence-electron chi connectivity index (χ4n) is 3.54. The highest BCUT2D eigenvalue weighted by atomic mass is 35.5. The molecule has 0 aliphatic carbocycles. The Kier molecular flexibility index (Phi) is 8.44. The molecule has 2 N–H and O–H groups in total. The summed E-state index contributed by atoms with van der Waals surface area (Å²) in [5, 5.41) is 4.89. The Morgan fingerprint density at radius 1 is 1.26 bits per heavy atom. The van der Waals surface area contributed by atoms with Gasteiger partial charge in [-0.1, -0.05) is 45.4 Å². The second-order valence-electron chi connectivity index (χ2n) is 8.33. The molecule has 0 bridgehead atoms. The summed E-state index contributed by atoms with van der Waals surface area (Å²) in [5.41, 5.74) is 9.16. The molecule has 0 atom stereocenters. The van der Waals surface area contributed by atoms with Gasteiger partial charge in [0, 0.05) is 38.3 Å². The lowest BCUT2D eigenvalue weighted by molar-refractivity contribution is 0.502. The average molecular weight is 471 g/mol. The topological polar surface area (TPSA) is 81.2 Å². The molecule has 0 fully saturated rings. The van der Waals surface area contributed by atoms with Crippen LogP contribution >= 0.6 is 11.6 Å². The lowest BCUT2D eigenvalue weighted by Crippen LogP contribution is -2.22. The molecular weight excluding hydrogens is 439 g/mol. The predicted molar refractivity (Wildman–Crippen MR) is 124 cm³/mol. The van der Waals surface area contributed by atoms with Gasteiger partial charge in [-0.25, -0.2) is 17.1 Å². The number of allylic oxidation sites excluding steroid dienone is 1. The fourth-order valence-corrected chi connectivity index (χ4v) is 4.98. The van der Waals surface area contributed by atoms with Crippen LogP contribution in [0.2, 0.25) is 5.02 Å². The number of hydrogen-bond donors (Lipinski definition) is 1. The van der Waals surface area contributed by atoms with Crippen molar-refractivity contribution in [3.05, 3.63) is 57.6 Å². The largest absolute Gasteiger partial charge is 0.327 e. The molecule has 0 unspecified atom stereocenters. The quantitative estimate of drug-likeness (QED) is 0.587. The van der Waals surface area contributed by atoms with Gasteiger partial charge in [0.25, 0.3) is 0 Å². The summed E-state index contributed by atoms with van der Waals surface area (Å²) >= 11 is 6.34. The number of benzene rings is 1. The van der Waals surface area contributed by atoms with Gasteiger partial charge in [0.15, 0.2) is 0 Å². The lowest BCUT2D eigenvalue weighted by atomic mass is 9.94. The van der Waals surface area contributed by atoms with Crippen LogP contribution in [0, 0.1) is 0 Å². The van der Waals surface area contributed by atoms with Crippen LogP contribution in [0.15, 0.2) is 35.0 Å². The van der Waals surface area contributed by atoms with Crippen molar-refractivity contribution < 1.29 is 12.8 Å². The van der Waals surface area contributed by atoms with E-state index in [1.807, 2.05) is 27.7 Å². The number of sulfonamides is 1. The van der Waals surface area contributed by atoms with Crippen molar-refractivity contribution in [1.82, 2.24) is 14.1 Å². The average Bonchev–Trinajstić information content (AvgIpc) is 2.99. The first-order valence-electron chi connectivity index (χ1n) is 10.2. The van der Waals surface area contributed by atoms with E-state index in [9.17, 15) is 12.8 Å². The molecule has 9 heteroatoms. The van der Waals surface area contributed by atoms with Crippen molar-refractivity contribution in [2.45, 2.75) is 57.4 Å². The summed E-state index contributed by atoms with van der Waals surface area (Å²) in [5.74, 6) is -0.0706. The summed E-state index contributed by atoms with van der Waals surface area (Å²) in [6.07, 6.45) is 1.87. The molecule has 0 aliphatic heterocycles. The Balaban J connectivity index is 2.54. The second kappa shape index (κ2) is 10.3. The van der Waals surface area contributed by atoms with Crippen LogP contribution < -0.4 is 5.73 Å². The number of hydrogen-bond acceptors (Lipinski definition) is 4. The van der Waals surface area contributed by atoms with Crippen molar-refractivity contribution in [1.29, 1.82) is 0 Å². The van der Waals surface area contributed by atoms with E-state index in [0.29, 0.717) is 6.42 Å². The van der Waals surface area contributed by atoms with Crippen LogP contribution in [0.5, 0.6) is 0 Å². The lowest BCUT2D eigenvalue weighted by Gasteiger charge is -2.15. The Labute approximate surface area is 189 Å². The smallest absolute Gasteiger partial charge is 0.244 e. The van der Waals surface area contributed by atoms with Gasteiger partial charge in [0.05, 0.1) is 17.3 Å². The van der Waals surface area contributed by atoms with Gasteiger partial charge in [0.1, 0.15) is 10.7 Å². The van der Waals surface area contributed by atoms with E-state index in [0.717, 1.165) is 26.8 Å². The second-order valence-corrected chi connectivity index (χ2v) is 10.9. The first-order valence-corrected chi connectivity index (χ1v) is 12.1. The van der Waals surface area contributed by atoms with E-state index in [2.05, 4.69) is 0 Å². The Bertz CT molecular complexity index is 1060. The van der Waals surface area contributed by atoms with E-state index in [1.165, 1.54) is 26.2 Å². The summed E-state index contributed by atoms with van der Waals surface area (Å²) in [7, 11) is -0.692. The molecule has 1 heterocycles. The molecular formula is C22H32ClFN4O2S. The van der Waals surface area contributed by atoms with Crippen LogP contribution in [0.25, 0.3) is 0 Å². The van der Waals surface area contributed by atoms with Crippen molar-refractivity contribution in [2.75, 3.05) is 20.6 Å². The van der Waals surface area contributed by atoms with Gasteiger partial charge >= 0.3 is 0 Å². The van der Waals surface area contributed by atoms with Crippen LogP contribution in [0.3, 0.4) is 0 Å². The normalized spacial score (nSPS) is 13.1. The summed E-state index contributed by atoms with van der Waals surface area (Å²) < 4.78 is 42.0. The fraction of sp³-hybridized carbons (Fsp3) is 0.500. The van der Waals surface area contributed by atoms with Crippen LogP contribution in [0.4, 0.5) is 4.39 Å². The maximum absolute atomic E-state index is 14.2. The molecule has 0 amide bonds. The third-order valence-corrected chi connectivity index (χ3v) is 7.29. The van der Waals surface area contributed by atoms with Crippen LogP contribution in [-0.4, -0.2) is 43.1 Å². The number of nitrogens with zero attached hydrogens (tertiary/aromatic N) is 3. The molecule has 0 radical (unpaired) electrons. The maximum atomic E-state index is 14.2. The van der Waals surface area contributed by atoms with Crippen molar-refractivity contribution in [3.63, 3.8) is 0 Å². The van der Waals surface area contributed by atoms with Gasteiger partial charge in [-0.05, 0) is 35.6 Å². The standard InChI is InChI=1S/C22H32ClFN4O2S/c1-14(2)21-18(22(15(3)4)28(26-21)13-17(24)9-10-25)11-16-7-8-20(19(23)12-16)31(29,30)27(5)6/h7-9,12,14-15H,10-11,13,25H2,1-6H3/b17-9-. The summed E-state index contributed by atoms with van der Waals surface area (Å²) in [4.78, 5) is 0.0702. The number of nitrogens with two attached hydrogens (primary N) is 1. The van der Waals surface area contributed by atoms with E-state index < -0.39 is 10.0 Å². The monoisotopic (exact) mass is 470 g/mol. The van der Waals surface area contributed by atoms with Crippen LogP contribution in [0.1, 0.15) is 62.0 Å². The van der Waals surface area contributed by atoms with Gasteiger partial charge in [-0.15, -0.1) is 0 Å². The molecule has 31 heavy (non-hydrogen) atoms. The molecule has 0 aliphatic rings. The molecule has 2 rings (SSSR count). The predicted octanol–water partition coefficient (Wildman–Crippen LogP) is 4.44. The number of rotatable bonds is 9. The summed E-state index contributed by atoms with van der Waals surface area (Å²) in [6, 6.07) is 4.98.